The normalized spacial score (nSPS) is 11.9. The molecule has 0 saturated carbocycles. The van der Waals surface area contributed by atoms with Crippen molar-refractivity contribution in [3.8, 4) is 60.2 Å². The summed E-state index contributed by atoms with van der Waals surface area (Å²) in [5.41, 5.74) is 16.9. The number of fused-ring (bicyclic) bond motifs is 3. The van der Waals surface area contributed by atoms with Crippen molar-refractivity contribution in [1.82, 2.24) is 9.97 Å². The maximum Gasteiger partial charge on any atom is 0.0972 e. The minimum atomic E-state index is 1.02. The van der Waals surface area contributed by atoms with E-state index in [4.69, 9.17) is 9.97 Å². The summed E-state index contributed by atoms with van der Waals surface area (Å²) in [6.45, 7) is 18.7. The number of rotatable bonds is 30. The molecule has 0 aliphatic heterocycles. The van der Waals surface area contributed by atoms with Gasteiger partial charge in [0.15, 0.2) is 0 Å². The number of benzene rings is 1. The molecule has 0 fully saturated rings. The first-order valence-corrected chi connectivity index (χ1v) is 34.8. The van der Waals surface area contributed by atoms with Crippen molar-refractivity contribution in [2.75, 3.05) is 0 Å². The number of hydrogen-bond acceptors (Lipinski definition) is 8. The van der Waals surface area contributed by atoms with Gasteiger partial charge in [0, 0.05) is 49.8 Å². The number of aromatic nitrogens is 2. The van der Waals surface area contributed by atoms with Gasteiger partial charge in [-0.1, -0.05) is 131 Å². The van der Waals surface area contributed by atoms with Crippen LogP contribution in [0, 0.1) is 0 Å². The molecule has 0 saturated heterocycles. The number of pyridine rings is 2. The van der Waals surface area contributed by atoms with Gasteiger partial charge < -0.3 is 0 Å². The largest absolute Gasteiger partial charge is 0.245 e. The lowest BCUT2D eigenvalue weighted by Gasteiger charge is -2.11. The Bertz CT molecular complexity index is 3070. The average molecular weight is 1120 g/mol. The Morgan fingerprint density at radius 2 is 0.579 bits per heavy atom. The van der Waals surface area contributed by atoms with Crippen LogP contribution in [-0.4, -0.2) is 9.97 Å². The Kier molecular flexibility index (Phi) is 20.9. The Morgan fingerprint density at radius 3 is 0.921 bits per heavy atom. The van der Waals surface area contributed by atoms with Crippen molar-refractivity contribution < 1.29 is 0 Å². The van der Waals surface area contributed by atoms with Gasteiger partial charge in [-0.15, -0.1) is 68.0 Å². The van der Waals surface area contributed by atoms with Gasteiger partial charge in [0.1, 0.15) is 0 Å². The lowest BCUT2D eigenvalue weighted by atomic mass is 9.96. The summed E-state index contributed by atoms with van der Waals surface area (Å²) >= 11 is 12.0. The summed E-state index contributed by atoms with van der Waals surface area (Å²) in [5, 5.41) is 7.28. The molecule has 402 valence electrons. The van der Waals surface area contributed by atoms with Gasteiger partial charge in [0.25, 0.3) is 0 Å². The average Bonchev–Trinajstić information content (AvgIpc) is 4.34. The molecule has 9 aromatic rings. The van der Waals surface area contributed by atoms with Crippen molar-refractivity contribution in [2.24, 2.45) is 0 Å². The van der Waals surface area contributed by atoms with E-state index in [1.807, 2.05) is 68.0 Å². The van der Waals surface area contributed by atoms with Crippen LogP contribution in [0.25, 0.3) is 82.0 Å². The van der Waals surface area contributed by atoms with E-state index in [1.165, 1.54) is 188 Å². The SMILES string of the molecule is CCCCc1csc(-c2ccc(-c3sc(-c4ccc5ccc6ccc(-c7sc(-c8ccc(-c9scc(CCCC)c9CCCC)s8)c(CCCC)c7CCCC)nc6c5n4)c(CCCC)c3CCCC)s2)c1CCCC. The molecule has 8 aromatic heterocycles. The van der Waals surface area contributed by atoms with E-state index in [9.17, 15) is 0 Å². The Hall–Kier alpha value is -3.76. The summed E-state index contributed by atoms with van der Waals surface area (Å²) in [4.78, 5) is 25.9. The van der Waals surface area contributed by atoms with Gasteiger partial charge in [0.2, 0.25) is 0 Å². The van der Waals surface area contributed by atoms with Gasteiger partial charge in [-0.3, -0.25) is 0 Å². The first kappa shape index (κ1) is 56.9. The van der Waals surface area contributed by atoms with E-state index in [-0.39, 0.29) is 0 Å². The highest BCUT2D eigenvalue weighted by Crippen LogP contribution is 2.51. The van der Waals surface area contributed by atoms with Crippen molar-refractivity contribution in [3.05, 3.63) is 116 Å². The van der Waals surface area contributed by atoms with E-state index >= 15 is 0 Å². The quantitative estimate of drug-likeness (QED) is 0.0419. The number of nitrogens with zero attached hydrogens (tertiary/aromatic N) is 2. The molecule has 8 heteroatoms. The number of thiophene rings is 6. The zero-order valence-electron chi connectivity index (χ0n) is 47.2. The maximum atomic E-state index is 5.74. The van der Waals surface area contributed by atoms with E-state index in [1.54, 1.807) is 33.4 Å². The second-order valence-corrected chi connectivity index (χ2v) is 27.3. The van der Waals surface area contributed by atoms with Crippen LogP contribution >= 0.6 is 68.0 Å². The van der Waals surface area contributed by atoms with E-state index in [0.29, 0.717) is 0 Å². The second-order valence-electron chi connectivity index (χ2n) is 21.3. The van der Waals surface area contributed by atoms with Crippen LogP contribution in [0.2, 0.25) is 0 Å². The molecule has 2 nitrogen and oxygen atoms in total. The molecule has 0 spiro atoms. The van der Waals surface area contributed by atoms with Crippen molar-refractivity contribution >= 4 is 89.8 Å². The molecule has 0 radical (unpaired) electrons. The highest BCUT2D eigenvalue weighted by molar-refractivity contribution is 7.28. The standard InChI is InChI=1S/C68H84N2S6/c1-9-17-25-47-43-71-65(49(47)27-19-11-3)57-39-41-59(73-57)67-53(31-23-15-7)51(29-21-13-5)63(75-67)55-37-35-45-33-34-46-36-38-56(70-62(46)61(45)69-55)64-52(30-22-14-6)54(32-24-16-8)68(76-64)60-42-40-58(74-60)66-50(28-20-12-4)48(44-72-66)26-18-10-2/h33-44H,9-32H2,1-8H3. The minimum absolute atomic E-state index is 1.02. The third-order valence-corrected chi connectivity index (χ3v) is 23.2. The summed E-state index contributed by atoms with van der Waals surface area (Å²) < 4.78 is 0. The Balaban J connectivity index is 1.14. The molecule has 0 N–H and O–H groups in total. The molecule has 8 heterocycles. The summed E-state index contributed by atoms with van der Waals surface area (Å²) in [6.07, 6.45) is 28.7. The maximum absolute atomic E-state index is 5.74. The summed E-state index contributed by atoms with van der Waals surface area (Å²) in [5.74, 6) is 0. The highest BCUT2D eigenvalue weighted by atomic mass is 32.1. The van der Waals surface area contributed by atoms with Gasteiger partial charge in [-0.2, -0.15) is 0 Å². The van der Waals surface area contributed by atoms with Crippen LogP contribution in [0.4, 0.5) is 0 Å². The lowest BCUT2D eigenvalue weighted by molar-refractivity contribution is 0.763. The van der Waals surface area contributed by atoms with Gasteiger partial charge in [0.05, 0.1) is 32.2 Å². The molecule has 0 unspecified atom stereocenters. The smallest absolute Gasteiger partial charge is 0.0972 e. The van der Waals surface area contributed by atoms with E-state index in [2.05, 4.69) is 127 Å². The van der Waals surface area contributed by atoms with Crippen molar-refractivity contribution in [1.29, 1.82) is 0 Å². The zero-order chi connectivity index (χ0) is 53.0. The molecular weight excluding hydrogens is 1040 g/mol. The predicted octanol–water partition coefficient (Wildman–Crippen LogP) is 23.9. The van der Waals surface area contributed by atoms with Crippen molar-refractivity contribution in [2.45, 2.75) is 209 Å². The number of unbranched alkanes of at least 4 members (excludes halogenated alkanes) is 8. The molecule has 0 aliphatic rings. The van der Waals surface area contributed by atoms with Crippen LogP contribution in [0.15, 0.2) is 71.4 Å². The van der Waals surface area contributed by atoms with E-state index in [0.717, 1.165) is 58.9 Å². The highest BCUT2D eigenvalue weighted by Gasteiger charge is 2.26. The van der Waals surface area contributed by atoms with Crippen LogP contribution < -0.4 is 0 Å². The lowest BCUT2D eigenvalue weighted by Crippen LogP contribution is -1.96. The molecule has 0 atom stereocenters. The Labute approximate surface area is 481 Å². The minimum Gasteiger partial charge on any atom is -0.245 e. The third kappa shape index (κ3) is 12.6. The zero-order valence-corrected chi connectivity index (χ0v) is 52.1. The topological polar surface area (TPSA) is 25.8 Å². The monoisotopic (exact) mass is 1120 g/mol. The Morgan fingerprint density at radius 1 is 0.289 bits per heavy atom. The third-order valence-electron chi connectivity index (χ3n) is 15.6. The van der Waals surface area contributed by atoms with Crippen LogP contribution in [0.3, 0.4) is 0 Å². The number of aryl methyl sites for hydroxylation is 2. The molecule has 9 rings (SSSR count). The van der Waals surface area contributed by atoms with Crippen LogP contribution in [0.5, 0.6) is 0 Å². The molecule has 0 aliphatic carbocycles. The van der Waals surface area contributed by atoms with Crippen LogP contribution in [-0.2, 0) is 51.4 Å². The first-order chi connectivity index (χ1) is 37.4. The summed E-state index contributed by atoms with van der Waals surface area (Å²) in [6, 6.07) is 23.6. The molecule has 0 amide bonds. The molecule has 76 heavy (non-hydrogen) atoms. The second kappa shape index (κ2) is 27.9. The fourth-order valence-corrected chi connectivity index (χ4v) is 18.8. The first-order valence-electron chi connectivity index (χ1n) is 29.8. The molecule has 0 bridgehead atoms. The van der Waals surface area contributed by atoms with Gasteiger partial charge in [-0.25, -0.2) is 9.97 Å². The van der Waals surface area contributed by atoms with Gasteiger partial charge in [-0.05, 0) is 194 Å². The fraction of sp³-hybridized carbons (Fsp3) is 0.471. The van der Waals surface area contributed by atoms with Crippen molar-refractivity contribution in [3.63, 3.8) is 0 Å². The van der Waals surface area contributed by atoms with Gasteiger partial charge >= 0.3 is 0 Å². The number of hydrogen-bond donors (Lipinski definition) is 0. The fourth-order valence-electron chi connectivity index (χ4n) is 11.1. The molecular formula is C68H84N2S6. The molecule has 1 aromatic carbocycles. The summed E-state index contributed by atoms with van der Waals surface area (Å²) in [7, 11) is 0. The predicted molar refractivity (Wildman–Crippen MR) is 346 cm³/mol. The van der Waals surface area contributed by atoms with Crippen LogP contribution in [0.1, 0.15) is 203 Å². The van der Waals surface area contributed by atoms with E-state index < -0.39 is 0 Å².